The number of carbonyl (C=O) groups is 3. The Labute approximate surface area is 132 Å². The summed E-state index contributed by atoms with van der Waals surface area (Å²) in [6.07, 6.45) is 2.56. The van der Waals surface area contributed by atoms with Crippen LogP contribution in [-0.2, 0) is 9.47 Å². The first-order valence-corrected chi connectivity index (χ1v) is 7.04. The van der Waals surface area contributed by atoms with Crippen molar-refractivity contribution < 1.29 is 28.3 Å². The van der Waals surface area contributed by atoms with Gasteiger partial charge in [-0.2, -0.15) is 0 Å². The maximum Gasteiger partial charge on any atom is 0.341 e. The molecule has 0 aliphatic rings. The van der Waals surface area contributed by atoms with E-state index >= 15 is 0 Å². The number of H-pyrrole nitrogens is 1. The van der Waals surface area contributed by atoms with Crippen LogP contribution in [0.3, 0.4) is 0 Å². The molecule has 2 heterocycles. The minimum atomic E-state index is -0.672. The third-order valence-electron chi connectivity index (χ3n) is 3.22. The fourth-order valence-electron chi connectivity index (χ4n) is 2.26. The Balaban J connectivity index is 2.16. The molecule has 0 saturated carbocycles. The molecule has 7 nitrogen and oxygen atoms in total. The van der Waals surface area contributed by atoms with Gasteiger partial charge in [0.05, 0.1) is 29.6 Å². The van der Waals surface area contributed by atoms with E-state index in [0.717, 1.165) is 0 Å². The molecule has 0 amide bonds. The molecule has 122 valence electrons. The summed E-state index contributed by atoms with van der Waals surface area (Å²) in [6, 6.07) is 1.43. The van der Waals surface area contributed by atoms with E-state index in [0.29, 0.717) is 11.4 Å². The van der Waals surface area contributed by atoms with E-state index in [9.17, 15) is 14.4 Å². The number of carbonyl (C=O) groups excluding carboxylic acids is 3. The van der Waals surface area contributed by atoms with E-state index in [1.165, 1.54) is 18.6 Å². The molecular weight excluding hydrogens is 302 g/mol. The van der Waals surface area contributed by atoms with Gasteiger partial charge in [0.2, 0.25) is 5.78 Å². The number of nitrogens with one attached hydrogen (secondary N) is 1. The number of hydrogen-bond donors (Lipinski definition) is 1. The lowest BCUT2D eigenvalue weighted by Gasteiger charge is -2.06. The highest BCUT2D eigenvalue weighted by Gasteiger charge is 2.26. The zero-order valence-electron chi connectivity index (χ0n) is 13.1. The largest absolute Gasteiger partial charge is 0.472 e. The van der Waals surface area contributed by atoms with Gasteiger partial charge in [0.1, 0.15) is 6.26 Å². The van der Waals surface area contributed by atoms with E-state index < -0.39 is 24.3 Å². The number of furan rings is 1. The van der Waals surface area contributed by atoms with Crippen LogP contribution in [0.1, 0.15) is 49.4 Å². The van der Waals surface area contributed by atoms with Gasteiger partial charge >= 0.3 is 11.9 Å². The topological polar surface area (TPSA) is 98.6 Å². The number of aromatic amines is 1. The van der Waals surface area contributed by atoms with Crippen molar-refractivity contribution in [2.24, 2.45) is 0 Å². The lowest BCUT2D eigenvalue weighted by atomic mass is 10.1. The summed E-state index contributed by atoms with van der Waals surface area (Å²) >= 11 is 0. The molecule has 0 fully saturated rings. The lowest BCUT2D eigenvalue weighted by Crippen LogP contribution is -2.18. The standard InChI is InChI=1S/C16H17NO6/c1-4-22-16(20)14-10(3)17-9(2)13(14)12(18)8-23-15(19)11-5-6-21-7-11/h5-7,17H,4,8H2,1-3H3. The summed E-state index contributed by atoms with van der Waals surface area (Å²) in [6.45, 7) is 4.75. The summed E-state index contributed by atoms with van der Waals surface area (Å²) in [7, 11) is 0. The quantitative estimate of drug-likeness (QED) is 0.648. The van der Waals surface area contributed by atoms with Crippen LogP contribution in [0.5, 0.6) is 0 Å². The zero-order chi connectivity index (χ0) is 17.0. The van der Waals surface area contributed by atoms with Gasteiger partial charge in [-0.15, -0.1) is 0 Å². The molecule has 2 aromatic rings. The average Bonchev–Trinajstić information content (AvgIpc) is 3.12. The van der Waals surface area contributed by atoms with Crippen molar-refractivity contribution in [3.05, 3.63) is 46.7 Å². The number of Topliss-reactive ketones (excluding diaryl/α,β-unsaturated/α-hetero) is 1. The van der Waals surface area contributed by atoms with Crippen LogP contribution < -0.4 is 0 Å². The van der Waals surface area contributed by atoms with Crippen molar-refractivity contribution >= 4 is 17.7 Å². The Hall–Kier alpha value is -2.83. The molecule has 7 heteroatoms. The van der Waals surface area contributed by atoms with Crippen LogP contribution in [0, 0.1) is 13.8 Å². The predicted molar refractivity (Wildman–Crippen MR) is 79.5 cm³/mol. The van der Waals surface area contributed by atoms with Crippen LogP contribution in [0.25, 0.3) is 0 Å². The van der Waals surface area contributed by atoms with Gasteiger partial charge in [-0.05, 0) is 26.8 Å². The van der Waals surface area contributed by atoms with Gasteiger partial charge in [0.15, 0.2) is 6.61 Å². The van der Waals surface area contributed by atoms with Gasteiger partial charge in [-0.1, -0.05) is 0 Å². The van der Waals surface area contributed by atoms with Gasteiger partial charge in [0, 0.05) is 11.4 Å². The van der Waals surface area contributed by atoms with E-state index in [1.54, 1.807) is 20.8 Å². The van der Waals surface area contributed by atoms with Crippen LogP contribution in [0.15, 0.2) is 23.0 Å². The van der Waals surface area contributed by atoms with Crippen molar-refractivity contribution in [2.45, 2.75) is 20.8 Å². The van der Waals surface area contributed by atoms with Crippen molar-refractivity contribution in [3.8, 4) is 0 Å². The Bertz CT molecular complexity index is 726. The number of hydrogen-bond acceptors (Lipinski definition) is 6. The summed E-state index contributed by atoms with van der Waals surface area (Å²) in [5.74, 6) is -1.74. The number of aryl methyl sites for hydroxylation is 2. The lowest BCUT2D eigenvalue weighted by molar-refractivity contribution is 0.0471. The zero-order valence-corrected chi connectivity index (χ0v) is 13.1. The number of aromatic nitrogens is 1. The molecule has 0 bridgehead atoms. The van der Waals surface area contributed by atoms with Crippen molar-refractivity contribution in [3.63, 3.8) is 0 Å². The second-order valence-corrected chi connectivity index (χ2v) is 4.86. The monoisotopic (exact) mass is 319 g/mol. The summed E-state index contributed by atoms with van der Waals surface area (Å²) in [5.41, 5.74) is 1.63. The first-order valence-electron chi connectivity index (χ1n) is 7.04. The molecule has 0 aliphatic carbocycles. The third kappa shape index (κ3) is 3.50. The highest BCUT2D eigenvalue weighted by Crippen LogP contribution is 2.20. The van der Waals surface area contributed by atoms with Crippen molar-refractivity contribution in [1.82, 2.24) is 4.98 Å². The number of ketones is 1. The first-order chi connectivity index (χ1) is 11.0. The normalized spacial score (nSPS) is 10.4. The van der Waals surface area contributed by atoms with Crippen LogP contribution >= 0.6 is 0 Å². The summed E-state index contributed by atoms with van der Waals surface area (Å²) < 4.78 is 14.7. The minimum Gasteiger partial charge on any atom is -0.472 e. The molecule has 0 unspecified atom stereocenters. The molecule has 0 aliphatic heterocycles. The molecule has 1 N–H and O–H groups in total. The third-order valence-corrected chi connectivity index (χ3v) is 3.22. The highest BCUT2D eigenvalue weighted by atomic mass is 16.5. The predicted octanol–water partition coefficient (Wildman–Crippen LogP) is 2.44. The Morgan fingerprint density at radius 3 is 2.39 bits per heavy atom. The Morgan fingerprint density at radius 1 is 1.09 bits per heavy atom. The Morgan fingerprint density at radius 2 is 1.78 bits per heavy atom. The maximum absolute atomic E-state index is 12.4. The van der Waals surface area contributed by atoms with E-state index in [1.807, 2.05) is 0 Å². The average molecular weight is 319 g/mol. The number of esters is 2. The van der Waals surface area contributed by atoms with Crippen molar-refractivity contribution in [1.29, 1.82) is 0 Å². The highest BCUT2D eigenvalue weighted by molar-refractivity contribution is 6.09. The molecule has 0 atom stereocenters. The van der Waals surface area contributed by atoms with Crippen LogP contribution in [-0.4, -0.2) is 35.9 Å². The molecule has 0 spiro atoms. The SMILES string of the molecule is CCOC(=O)c1c(C)[nH]c(C)c1C(=O)COC(=O)c1ccoc1. The van der Waals surface area contributed by atoms with Gasteiger partial charge < -0.3 is 18.9 Å². The molecule has 2 aromatic heterocycles. The molecule has 23 heavy (non-hydrogen) atoms. The molecule has 0 radical (unpaired) electrons. The summed E-state index contributed by atoms with van der Waals surface area (Å²) in [4.78, 5) is 39.0. The van der Waals surface area contributed by atoms with E-state index in [2.05, 4.69) is 4.98 Å². The van der Waals surface area contributed by atoms with Crippen LogP contribution in [0.4, 0.5) is 0 Å². The second-order valence-electron chi connectivity index (χ2n) is 4.86. The van der Waals surface area contributed by atoms with Gasteiger partial charge in [0.25, 0.3) is 0 Å². The number of rotatable bonds is 6. The van der Waals surface area contributed by atoms with Gasteiger partial charge in [-0.25, -0.2) is 9.59 Å². The first kappa shape index (κ1) is 16.5. The van der Waals surface area contributed by atoms with Crippen molar-refractivity contribution in [2.75, 3.05) is 13.2 Å². The maximum atomic E-state index is 12.4. The minimum absolute atomic E-state index is 0.175. The molecular formula is C16H17NO6. The van der Waals surface area contributed by atoms with Crippen LogP contribution in [0.2, 0.25) is 0 Å². The fraction of sp³-hybridized carbons (Fsp3) is 0.312. The molecule has 2 rings (SSSR count). The molecule has 0 saturated heterocycles. The smallest absolute Gasteiger partial charge is 0.341 e. The summed E-state index contributed by atoms with van der Waals surface area (Å²) in [5, 5.41) is 0. The second kappa shape index (κ2) is 6.95. The molecule has 0 aromatic carbocycles. The van der Waals surface area contributed by atoms with E-state index in [-0.39, 0.29) is 23.3 Å². The van der Waals surface area contributed by atoms with Gasteiger partial charge in [-0.3, -0.25) is 4.79 Å². The number of ether oxygens (including phenoxy) is 2. The Kier molecular flexibility index (Phi) is 5.00. The van der Waals surface area contributed by atoms with E-state index in [4.69, 9.17) is 13.9 Å². The fourth-order valence-corrected chi connectivity index (χ4v) is 2.26.